The van der Waals surface area contributed by atoms with Gasteiger partial charge in [-0.25, -0.2) is 8.42 Å². The van der Waals surface area contributed by atoms with E-state index in [-0.39, 0.29) is 10.8 Å². The van der Waals surface area contributed by atoms with Crippen molar-refractivity contribution < 1.29 is 13.2 Å². The molecule has 2 aromatic carbocycles. The van der Waals surface area contributed by atoms with Gasteiger partial charge in [-0.15, -0.1) is 0 Å². The minimum Gasteiger partial charge on any atom is -0.355 e. The van der Waals surface area contributed by atoms with Gasteiger partial charge in [-0.2, -0.15) is 0 Å². The molecule has 1 aliphatic carbocycles. The Hall–Kier alpha value is -2.34. The van der Waals surface area contributed by atoms with Crippen LogP contribution in [0.5, 0.6) is 0 Å². The smallest absolute Gasteiger partial charge is 0.265 e. The molecule has 0 fully saturated rings. The molecule has 0 bridgehead atoms. The summed E-state index contributed by atoms with van der Waals surface area (Å²) >= 11 is 0. The number of rotatable bonds is 4. The average molecular weight is 385 g/mol. The van der Waals surface area contributed by atoms with Gasteiger partial charge in [-0.3, -0.25) is 9.10 Å². The van der Waals surface area contributed by atoms with Crippen LogP contribution in [0, 0.1) is 0 Å². The van der Waals surface area contributed by atoms with Crippen molar-refractivity contribution in [1.29, 1.82) is 0 Å². The number of anilines is 1. The lowest BCUT2D eigenvalue weighted by molar-refractivity contribution is -0.121. The second-order valence-corrected chi connectivity index (χ2v) is 9.00. The lowest BCUT2D eigenvalue weighted by atomic mass is 9.92. The molecule has 1 amide bonds. The summed E-state index contributed by atoms with van der Waals surface area (Å²) in [5.41, 5.74) is 3.84. The maximum atomic E-state index is 13.5. The summed E-state index contributed by atoms with van der Waals surface area (Å²) in [6, 6.07) is 12.0. The summed E-state index contributed by atoms with van der Waals surface area (Å²) in [6.45, 7) is 2.31. The van der Waals surface area contributed by atoms with Crippen molar-refractivity contribution in [3.05, 3.63) is 59.2 Å². The Morgan fingerprint density at radius 2 is 1.81 bits per heavy atom. The van der Waals surface area contributed by atoms with E-state index in [4.69, 9.17) is 0 Å². The lowest BCUT2D eigenvalue weighted by Crippen LogP contribution is -2.48. The number of benzene rings is 2. The van der Waals surface area contributed by atoms with Gasteiger partial charge in [0.2, 0.25) is 5.91 Å². The number of aryl methyl sites for hydroxylation is 2. The summed E-state index contributed by atoms with van der Waals surface area (Å²) < 4.78 is 28.4. The molecule has 1 atom stereocenters. The van der Waals surface area contributed by atoms with Gasteiger partial charge in [0.15, 0.2) is 0 Å². The molecule has 0 saturated carbocycles. The standard InChI is InChI=1S/C21H24N2O3S/c1-2-22-21(24)20-14-17-9-5-6-10-19(17)23(20)27(25,26)18-12-11-15-7-3-4-8-16(15)13-18/h5-6,9-13,20H,2-4,7-8,14H2,1H3,(H,22,24). The van der Waals surface area contributed by atoms with Crippen LogP contribution in [0.1, 0.15) is 36.5 Å². The van der Waals surface area contributed by atoms with E-state index in [0.717, 1.165) is 36.8 Å². The molecule has 2 aromatic rings. The highest BCUT2D eigenvalue weighted by Crippen LogP contribution is 2.37. The number of nitrogens with one attached hydrogen (secondary N) is 1. The quantitative estimate of drug-likeness (QED) is 0.881. The van der Waals surface area contributed by atoms with E-state index in [9.17, 15) is 13.2 Å². The molecule has 6 heteroatoms. The van der Waals surface area contributed by atoms with Gasteiger partial charge in [-0.05, 0) is 67.5 Å². The molecule has 27 heavy (non-hydrogen) atoms. The summed E-state index contributed by atoms with van der Waals surface area (Å²) in [5.74, 6) is -0.254. The van der Waals surface area contributed by atoms with Crippen LogP contribution in [0.15, 0.2) is 47.4 Å². The lowest BCUT2D eigenvalue weighted by Gasteiger charge is -2.27. The molecule has 1 N–H and O–H groups in total. The molecular weight excluding hydrogens is 360 g/mol. The van der Waals surface area contributed by atoms with Crippen molar-refractivity contribution in [2.24, 2.45) is 0 Å². The Kier molecular flexibility index (Phi) is 4.68. The number of hydrogen-bond acceptors (Lipinski definition) is 3. The second-order valence-electron chi connectivity index (χ2n) is 7.18. The highest BCUT2D eigenvalue weighted by Gasteiger charge is 2.42. The molecule has 5 nitrogen and oxygen atoms in total. The Morgan fingerprint density at radius 3 is 2.59 bits per heavy atom. The van der Waals surface area contributed by atoms with Crippen LogP contribution < -0.4 is 9.62 Å². The van der Waals surface area contributed by atoms with Crippen LogP contribution in [-0.2, 0) is 34.1 Å². The van der Waals surface area contributed by atoms with Crippen molar-refractivity contribution in [2.45, 2.75) is 50.0 Å². The third-order valence-electron chi connectivity index (χ3n) is 5.46. The maximum Gasteiger partial charge on any atom is 0.265 e. The molecule has 2 aliphatic rings. The highest BCUT2D eigenvalue weighted by atomic mass is 32.2. The van der Waals surface area contributed by atoms with Crippen molar-refractivity contribution in [3.63, 3.8) is 0 Å². The number of para-hydroxylation sites is 1. The number of fused-ring (bicyclic) bond motifs is 2. The predicted octanol–water partition coefficient (Wildman–Crippen LogP) is 2.82. The molecule has 1 heterocycles. The average Bonchev–Trinajstić information content (AvgIpc) is 3.08. The van der Waals surface area contributed by atoms with E-state index in [0.29, 0.717) is 18.7 Å². The van der Waals surface area contributed by atoms with Crippen LogP contribution in [-0.4, -0.2) is 26.9 Å². The van der Waals surface area contributed by atoms with E-state index < -0.39 is 16.1 Å². The first-order valence-electron chi connectivity index (χ1n) is 9.54. The molecule has 0 spiro atoms. The number of likely N-dealkylation sites (N-methyl/N-ethyl adjacent to an activating group) is 1. The minimum absolute atomic E-state index is 0.254. The largest absolute Gasteiger partial charge is 0.355 e. The fraction of sp³-hybridized carbons (Fsp3) is 0.381. The Balaban J connectivity index is 1.79. The Labute approximate surface area is 160 Å². The van der Waals surface area contributed by atoms with E-state index in [1.165, 1.54) is 9.87 Å². The number of carbonyl (C=O) groups excluding carboxylic acids is 1. The highest BCUT2D eigenvalue weighted by molar-refractivity contribution is 7.93. The predicted molar refractivity (Wildman–Crippen MR) is 105 cm³/mol. The third-order valence-corrected chi connectivity index (χ3v) is 7.27. The van der Waals surface area contributed by atoms with Crippen molar-refractivity contribution >= 4 is 21.6 Å². The van der Waals surface area contributed by atoms with Crippen molar-refractivity contribution in [2.75, 3.05) is 10.8 Å². The molecule has 0 aromatic heterocycles. The van der Waals surface area contributed by atoms with Crippen LogP contribution in [0.25, 0.3) is 0 Å². The SMILES string of the molecule is CCNC(=O)C1Cc2ccccc2N1S(=O)(=O)c1ccc2c(c1)CCCC2. The first-order chi connectivity index (χ1) is 13.0. The fourth-order valence-electron chi connectivity index (χ4n) is 4.13. The Bertz CT molecular complexity index is 985. The van der Waals surface area contributed by atoms with Gasteiger partial charge in [0.25, 0.3) is 10.0 Å². The molecular formula is C21H24N2O3S. The maximum absolute atomic E-state index is 13.5. The van der Waals surface area contributed by atoms with Gasteiger partial charge >= 0.3 is 0 Å². The number of carbonyl (C=O) groups is 1. The molecule has 142 valence electrons. The Morgan fingerprint density at radius 1 is 1.07 bits per heavy atom. The van der Waals surface area contributed by atoms with Crippen LogP contribution >= 0.6 is 0 Å². The van der Waals surface area contributed by atoms with Crippen molar-refractivity contribution in [1.82, 2.24) is 5.32 Å². The van der Waals surface area contributed by atoms with Gasteiger partial charge < -0.3 is 5.32 Å². The van der Waals surface area contributed by atoms with Gasteiger partial charge in [0, 0.05) is 13.0 Å². The van der Waals surface area contributed by atoms with Gasteiger partial charge in [-0.1, -0.05) is 24.3 Å². The van der Waals surface area contributed by atoms with Crippen LogP contribution in [0.2, 0.25) is 0 Å². The zero-order valence-corrected chi connectivity index (χ0v) is 16.3. The summed E-state index contributed by atoms with van der Waals surface area (Å²) in [6.07, 6.45) is 4.55. The number of sulfonamides is 1. The van der Waals surface area contributed by atoms with Gasteiger partial charge in [0.1, 0.15) is 6.04 Å². The normalized spacial score (nSPS) is 18.7. The zero-order chi connectivity index (χ0) is 19.0. The molecule has 0 radical (unpaired) electrons. The van der Waals surface area contributed by atoms with E-state index in [1.54, 1.807) is 18.2 Å². The van der Waals surface area contributed by atoms with E-state index in [1.807, 2.05) is 31.2 Å². The van der Waals surface area contributed by atoms with Crippen LogP contribution in [0.3, 0.4) is 0 Å². The first kappa shape index (κ1) is 18.0. The van der Waals surface area contributed by atoms with Crippen LogP contribution in [0.4, 0.5) is 5.69 Å². The molecule has 0 saturated heterocycles. The van der Waals surface area contributed by atoms with E-state index >= 15 is 0 Å². The molecule has 4 rings (SSSR count). The monoisotopic (exact) mass is 384 g/mol. The summed E-state index contributed by atoms with van der Waals surface area (Å²) in [4.78, 5) is 12.9. The molecule has 1 aliphatic heterocycles. The summed E-state index contributed by atoms with van der Waals surface area (Å²) in [7, 11) is -3.83. The third kappa shape index (κ3) is 3.12. The molecule has 1 unspecified atom stereocenters. The second kappa shape index (κ2) is 7.00. The fourth-order valence-corrected chi connectivity index (χ4v) is 5.83. The number of nitrogens with zero attached hydrogens (tertiary/aromatic N) is 1. The van der Waals surface area contributed by atoms with E-state index in [2.05, 4.69) is 5.32 Å². The summed E-state index contributed by atoms with van der Waals surface area (Å²) in [5, 5.41) is 2.78. The minimum atomic E-state index is -3.83. The van der Waals surface area contributed by atoms with Crippen molar-refractivity contribution in [3.8, 4) is 0 Å². The topological polar surface area (TPSA) is 66.5 Å². The van der Waals surface area contributed by atoms with Gasteiger partial charge in [0.05, 0.1) is 10.6 Å². The first-order valence-corrected chi connectivity index (χ1v) is 11.0. The number of amides is 1. The zero-order valence-electron chi connectivity index (χ0n) is 15.4. The number of hydrogen-bond donors (Lipinski definition) is 1.